The van der Waals surface area contributed by atoms with E-state index in [1.165, 1.54) is 5.56 Å². The third-order valence-corrected chi connectivity index (χ3v) is 5.80. The first-order valence-electron chi connectivity index (χ1n) is 12.9. The Hall–Kier alpha value is -2.57. The van der Waals surface area contributed by atoms with Crippen LogP contribution in [-0.2, 0) is 24.5 Å². The molecule has 2 amide bonds. The molecule has 0 aliphatic rings. The molecule has 0 heterocycles. The average Bonchev–Trinajstić information content (AvgIpc) is 2.73. The van der Waals surface area contributed by atoms with Crippen LogP contribution in [0.4, 0.5) is 0 Å². The standard InChI is InChI=1S/C29H48N2O5/c1-27(2,3)21-14-16-22(17-15-21)35-18-12-11-13-20(19-23(32)36-29(7,8)9)25(33)31-24(26(34)30-10)28(4,5)6/h14-17,20,24H,11-13,18-19H2,1-10H3,(H,30,34)(H,31,33)/t20-,24-/m1/s1. The molecule has 1 aromatic carbocycles. The number of esters is 1. The second-order valence-electron chi connectivity index (χ2n) is 12.5. The fourth-order valence-corrected chi connectivity index (χ4v) is 3.72. The lowest BCUT2D eigenvalue weighted by molar-refractivity contribution is -0.157. The van der Waals surface area contributed by atoms with Gasteiger partial charge < -0.3 is 20.1 Å². The van der Waals surface area contributed by atoms with Crippen molar-refractivity contribution in [2.45, 2.75) is 105 Å². The van der Waals surface area contributed by atoms with E-state index in [0.717, 1.165) is 12.2 Å². The lowest BCUT2D eigenvalue weighted by Gasteiger charge is -2.31. The van der Waals surface area contributed by atoms with Crippen molar-refractivity contribution in [3.8, 4) is 5.75 Å². The number of likely N-dealkylation sites (N-methyl/N-ethyl adjacent to an activating group) is 1. The summed E-state index contributed by atoms with van der Waals surface area (Å²) in [5, 5.41) is 5.48. The summed E-state index contributed by atoms with van der Waals surface area (Å²) >= 11 is 0. The largest absolute Gasteiger partial charge is 0.494 e. The van der Waals surface area contributed by atoms with E-state index >= 15 is 0 Å². The van der Waals surface area contributed by atoms with Gasteiger partial charge in [-0.15, -0.1) is 0 Å². The lowest BCUT2D eigenvalue weighted by Crippen LogP contribution is -2.54. The summed E-state index contributed by atoms with van der Waals surface area (Å²) in [5.41, 5.74) is 0.218. The zero-order chi connectivity index (χ0) is 27.7. The second-order valence-corrected chi connectivity index (χ2v) is 12.5. The van der Waals surface area contributed by atoms with Gasteiger partial charge in [0.1, 0.15) is 17.4 Å². The van der Waals surface area contributed by atoms with Crippen molar-refractivity contribution < 1.29 is 23.9 Å². The smallest absolute Gasteiger partial charge is 0.307 e. The average molecular weight is 505 g/mol. The Kier molecular flexibility index (Phi) is 11.5. The van der Waals surface area contributed by atoms with Gasteiger partial charge in [-0.25, -0.2) is 0 Å². The maximum Gasteiger partial charge on any atom is 0.307 e. The number of ether oxygens (including phenoxy) is 2. The van der Waals surface area contributed by atoms with Crippen molar-refractivity contribution in [2.75, 3.05) is 13.7 Å². The third-order valence-electron chi connectivity index (χ3n) is 5.80. The molecular weight excluding hydrogens is 456 g/mol. The minimum Gasteiger partial charge on any atom is -0.494 e. The van der Waals surface area contributed by atoms with Crippen LogP contribution in [0.5, 0.6) is 5.75 Å². The highest BCUT2D eigenvalue weighted by Crippen LogP contribution is 2.25. The van der Waals surface area contributed by atoms with E-state index in [1.54, 1.807) is 27.8 Å². The minimum atomic E-state index is -0.712. The lowest BCUT2D eigenvalue weighted by atomic mass is 9.85. The second kappa shape index (κ2) is 13.1. The quantitative estimate of drug-likeness (QED) is 0.321. The Bertz CT molecular complexity index is 858. The van der Waals surface area contributed by atoms with Crippen LogP contribution in [0, 0.1) is 11.3 Å². The van der Waals surface area contributed by atoms with Gasteiger partial charge in [-0.3, -0.25) is 14.4 Å². The Morgan fingerprint density at radius 3 is 1.92 bits per heavy atom. The summed E-state index contributed by atoms with van der Waals surface area (Å²) in [4.78, 5) is 38.1. The van der Waals surface area contributed by atoms with Crippen LogP contribution in [0.25, 0.3) is 0 Å². The molecule has 0 saturated carbocycles. The van der Waals surface area contributed by atoms with Crippen LogP contribution >= 0.6 is 0 Å². The first-order valence-corrected chi connectivity index (χ1v) is 12.9. The van der Waals surface area contributed by atoms with Gasteiger partial charge in [0.2, 0.25) is 11.8 Å². The van der Waals surface area contributed by atoms with Crippen LogP contribution in [0.2, 0.25) is 0 Å². The van der Waals surface area contributed by atoms with Crippen molar-refractivity contribution >= 4 is 17.8 Å². The molecule has 0 unspecified atom stereocenters. The molecule has 7 heteroatoms. The number of carbonyl (C=O) groups is 3. The zero-order valence-electron chi connectivity index (χ0n) is 24.0. The highest BCUT2D eigenvalue weighted by atomic mass is 16.6. The van der Waals surface area contributed by atoms with Gasteiger partial charge in [-0.2, -0.15) is 0 Å². The molecule has 36 heavy (non-hydrogen) atoms. The third kappa shape index (κ3) is 11.4. The fraction of sp³-hybridized carbons (Fsp3) is 0.690. The predicted octanol–water partition coefficient (Wildman–Crippen LogP) is 5.16. The maximum atomic E-state index is 13.2. The van der Waals surface area contributed by atoms with Crippen molar-refractivity contribution in [1.82, 2.24) is 10.6 Å². The fourth-order valence-electron chi connectivity index (χ4n) is 3.72. The van der Waals surface area contributed by atoms with E-state index in [4.69, 9.17) is 9.47 Å². The summed E-state index contributed by atoms with van der Waals surface area (Å²) in [6, 6.07) is 7.40. The topological polar surface area (TPSA) is 93.7 Å². The Balaban J connectivity index is 2.77. The molecule has 2 atom stereocenters. The molecule has 2 N–H and O–H groups in total. The van der Waals surface area contributed by atoms with E-state index in [-0.39, 0.29) is 23.7 Å². The maximum absolute atomic E-state index is 13.2. The SMILES string of the molecule is CNC(=O)[C@@H](NC(=O)[C@H](CCCCOc1ccc(C(C)(C)C)cc1)CC(=O)OC(C)(C)C)C(C)(C)C. The molecule has 0 spiro atoms. The molecule has 0 saturated heterocycles. The van der Waals surface area contributed by atoms with Gasteiger partial charge in [-0.05, 0) is 68.6 Å². The van der Waals surface area contributed by atoms with E-state index in [2.05, 4.69) is 43.5 Å². The van der Waals surface area contributed by atoms with Gasteiger partial charge in [0.25, 0.3) is 0 Å². The van der Waals surface area contributed by atoms with Gasteiger partial charge in [0.15, 0.2) is 0 Å². The van der Waals surface area contributed by atoms with Gasteiger partial charge in [0, 0.05) is 13.0 Å². The van der Waals surface area contributed by atoms with Gasteiger partial charge >= 0.3 is 5.97 Å². The van der Waals surface area contributed by atoms with Crippen LogP contribution in [0.1, 0.15) is 93.6 Å². The number of rotatable bonds is 11. The Morgan fingerprint density at radius 2 is 1.44 bits per heavy atom. The molecule has 204 valence electrons. The van der Waals surface area contributed by atoms with Gasteiger partial charge in [-0.1, -0.05) is 53.7 Å². The van der Waals surface area contributed by atoms with Crippen LogP contribution in [0.3, 0.4) is 0 Å². The molecule has 7 nitrogen and oxygen atoms in total. The molecule has 0 radical (unpaired) electrons. The highest BCUT2D eigenvalue weighted by Gasteiger charge is 2.34. The van der Waals surface area contributed by atoms with Gasteiger partial charge in [0.05, 0.1) is 13.0 Å². The molecule has 0 aliphatic carbocycles. The molecular formula is C29H48N2O5. The Labute approximate surface area is 218 Å². The summed E-state index contributed by atoms with van der Waals surface area (Å²) in [6.45, 7) is 18.1. The number of hydrogen-bond donors (Lipinski definition) is 2. The van der Waals surface area contributed by atoms with Crippen LogP contribution in [-0.4, -0.2) is 43.1 Å². The molecule has 1 aromatic rings. The highest BCUT2D eigenvalue weighted by molar-refractivity contribution is 5.90. The monoisotopic (exact) mass is 504 g/mol. The van der Waals surface area contributed by atoms with Crippen molar-refractivity contribution in [3.05, 3.63) is 29.8 Å². The van der Waals surface area contributed by atoms with Crippen LogP contribution in [0.15, 0.2) is 24.3 Å². The molecule has 0 aliphatic heterocycles. The molecule has 0 fully saturated rings. The molecule has 1 rings (SSSR count). The normalized spacial score (nSPS) is 13.9. The first-order chi connectivity index (χ1) is 16.4. The Morgan fingerprint density at radius 1 is 0.861 bits per heavy atom. The number of hydrogen-bond acceptors (Lipinski definition) is 5. The van der Waals surface area contributed by atoms with Crippen LogP contribution < -0.4 is 15.4 Å². The molecule has 0 bridgehead atoms. The van der Waals surface area contributed by atoms with Crippen molar-refractivity contribution in [1.29, 1.82) is 0 Å². The van der Waals surface area contributed by atoms with Crippen molar-refractivity contribution in [3.63, 3.8) is 0 Å². The van der Waals surface area contributed by atoms with E-state index < -0.39 is 28.9 Å². The summed E-state index contributed by atoms with van der Waals surface area (Å²) in [7, 11) is 1.54. The van der Waals surface area contributed by atoms with E-state index in [1.807, 2.05) is 32.9 Å². The number of carbonyl (C=O) groups excluding carboxylic acids is 3. The first kappa shape index (κ1) is 31.5. The number of unbranched alkanes of at least 4 members (excludes halogenated alkanes) is 1. The minimum absolute atomic E-state index is 0.0389. The molecule has 0 aromatic heterocycles. The van der Waals surface area contributed by atoms with E-state index in [0.29, 0.717) is 19.4 Å². The van der Waals surface area contributed by atoms with Crippen molar-refractivity contribution in [2.24, 2.45) is 11.3 Å². The predicted molar refractivity (Wildman–Crippen MR) is 144 cm³/mol. The summed E-state index contributed by atoms with van der Waals surface area (Å²) in [5.74, 6) is -0.795. The number of benzene rings is 1. The number of nitrogens with one attached hydrogen (secondary N) is 2. The van der Waals surface area contributed by atoms with E-state index in [9.17, 15) is 14.4 Å². The zero-order valence-corrected chi connectivity index (χ0v) is 24.0. The number of amides is 2. The summed E-state index contributed by atoms with van der Waals surface area (Å²) in [6.07, 6.45) is 1.88. The summed E-state index contributed by atoms with van der Waals surface area (Å²) < 4.78 is 11.3.